The SMILES string of the molecule is CCCCCCCCCCCCCCCCCC(I)(I)I. The molecule has 0 amide bonds. The van der Waals surface area contributed by atoms with Crippen LogP contribution in [-0.4, -0.2) is -0.565 Å². The van der Waals surface area contributed by atoms with Gasteiger partial charge in [-0.15, -0.1) is 0 Å². The Labute approximate surface area is 175 Å². The van der Waals surface area contributed by atoms with Gasteiger partial charge in [-0.05, 0) is 6.42 Å². The van der Waals surface area contributed by atoms with Gasteiger partial charge in [0.25, 0.3) is 0 Å². The molecule has 0 rings (SSSR count). The lowest BCUT2D eigenvalue weighted by Crippen LogP contribution is -1.97. The zero-order valence-corrected chi connectivity index (χ0v) is 20.4. The van der Waals surface area contributed by atoms with E-state index in [2.05, 4.69) is 74.7 Å². The summed E-state index contributed by atoms with van der Waals surface area (Å²) in [4.78, 5) is 0. The summed E-state index contributed by atoms with van der Waals surface area (Å²) in [6.07, 6.45) is 23.2. The fourth-order valence-electron chi connectivity index (χ4n) is 2.70. The molecule has 0 aromatic rings. The summed E-state index contributed by atoms with van der Waals surface area (Å²) in [5.41, 5.74) is 0. The van der Waals surface area contributed by atoms with Gasteiger partial charge in [-0.2, -0.15) is 0 Å². The second kappa shape index (κ2) is 17.0. The molecule has 3 heteroatoms. The van der Waals surface area contributed by atoms with Gasteiger partial charge in [0.2, 0.25) is 0 Å². The van der Waals surface area contributed by atoms with Crippen LogP contribution < -0.4 is 0 Å². The molecule has 0 aromatic carbocycles. The molecule has 128 valence electrons. The Morgan fingerprint density at radius 1 is 0.476 bits per heavy atom. The van der Waals surface area contributed by atoms with Crippen LogP contribution in [-0.2, 0) is 0 Å². The topological polar surface area (TPSA) is 0 Å². The predicted octanol–water partition coefficient (Wildman–Crippen LogP) is 9.21. The van der Waals surface area contributed by atoms with Crippen LogP contribution in [0.1, 0.15) is 110 Å². The summed E-state index contributed by atoms with van der Waals surface area (Å²) < 4.78 is 0.448. The predicted molar refractivity (Wildman–Crippen MR) is 124 cm³/mol. The third-order valence-electron chi connectivity index (χ3n) is 4.06. The normalized spacial score (nSPS) is 12.0. The summed E-state index contributed by atoms with van der Waals surface area (Å²) in [5.74, 6) is 0. The number of alkyl halides is 3. The van der Waals surface area contributed by atoms with Gasteiger partial charge in [0.1, 0.15) is -0.565 Å². The fourth-order valence-corrected chi connectivity index (χ4v) is 3.84. The average molecular weight is 632 g/mol. The van der Waals surface area contributed by atoms with Crippen molar-refractivity contribution in [3.05, 3.63) is 0 Å². The van der Waals surface area contributed by atoms with E-state index in [0.717, 1.165) is 0 Å². The number of unbranched alkanes of at least 4 members (excludes halogenated alkanes) is 14. The van der Waals surface area contributed by atoms with Crippen molar-refractivity contribution in [3.63, 3.8) is 0 Å². The molecule has 0 N–H and O–H groups in total. The quantitative estimate of drug-likeness (QED) is 0.0905. The van der Waals surface area contributed by atoms with Crippen molar-refractivity contribution in [3.8, 4) is 0 Å². The standard InChI is InChI=1S/C18H35I3/c1-2-3-4-5-6-7-8-9-10-11-12-13-14-15-16-17-18(19,20)21/h2-17H2,1H3. The molecule has 0 aliphatic carbocycles. The first-order chi connectivity index (χ1) is 10.1. The maximum absolute atomic E-state index is 2.55. The molecule has 0 saturated heterocycles. The van der Waals surface area contributed by atoms with Crippen molar-refractivity contribution >= 4 is 67.8 Å². The third-order valence-corrected chi connectivity index (χ3v) is 5.68. The van der Waals surface area contributed by atoms with Crippen molar-refractivity contribution in [1.29, 1.82) is 0 Å². The molecule has 0 saturated carbocycles. The lowest BCUT2D eigenvalue weighted by Gasteiger charge is -2.11. The smallest absolute Gasteiger partial charge is 0.0654 e. The van der Waals surface area contributed by atoms with Crippen LogP contribution in [0.3, 0.4) is 0 Å². The summed E-state index contributed by atoms with van der Waals surface area (Å²) in [6, 6.07) is 0. The Kier molecular flexibility index (Phi) is 18.8. The maximum Gasteiger partial charge on any atom is 0.124 e. The minimum atomic E-state index is 0.448. The summed E-state index contributed by atoms with van der Waals surface area (Å²) in [5, 5.41) is 0. The Morgan fingerprint density at radius 2 is 0.762 bits per heavy atom. The van der Waals surface area contributed by atoms with Crippen LogP contribution in [0.25, 0.3) is 0 Å². The van der Waals surface area contributed by atoms with Crippen LogP contribution in [0.15, 0.2) is 0 Å². The van der Waals surface area contributed by atoms with Gasteiger partial charge in [0.15, 0.2) is 0 Å². The number of hydrogen-bond acceptors (Lipinski definition) is 0. The molecule has 0 nitrogen and oxygen atoms in total. The maximum atomic E-state index is 2.55. The zero-order valence-electron chi connectivity index (χ0n) is 13.9. The van der Waals surface area contributed by atoms with Crippen molar-refractivity contribution in [2.45, 2.75) is 109 Å². The molecule has 21 heavy (non-hydrogen) atoms. The van der Waals surface area contributed by atoms with Crippen LogP contribution in [0.4, 0.5) is 0 Å². The molecule has 0 aromatic heterocycles. The van der Waals surface area contributed by atoms with Gasteiger partial charge in [0, 0.05) is 0 Å². The molecule has 0 fully saturated rings. The van der Waals surface area contributed by atoms with Crippen LogP contribution in [0.2, 0.25) is 0 Å². The fraction of sp³-hybridized carbons (Fsp3) is 1.00. The minimum absolute atomic E-state index is 0.448. The second-order valence-electron chi connectivity index (χ2n) is 6.31. The molecule has 0 bridgehead atoms. The summed E-state index contributed by atoms with van der Waals surface area (Å²) >= 11 is 7.65. The Hall–Kier alpha value is 2.19. The van der Waals surface area contributed by atoms with Gasteiger partial charge < -0.3 is 0 Å². The molecule has 0 aliphatic rings. The van der Waals surface area contributed by atoms with E-state index in [1.807, 2.05) is 0 Å². The Bertz CT molecular complexity index is 199. The van der Waals surface area contributed by atoms with Crippen molar-refractivity contribution in [1.82, 2.24) is 0 Å². The molecule has 0 unspecified atom stereocenters. The van der Waals surface area contributed by atoms with E-state index in [4.69, 9.17) is 0 Å². The molecule has 0 radical (unpaired) electrons. The first kappa shape index (κ1) is 23.2. The second-order valence-corrected chi connectivity index (χ2v) is 18.0. The molecule has 0 aliphatic heterocycles. The van der Waals surface area contributed by atoms with E-state index in [-0.39, 0.29) is 0 Å². The van der Waals surface area contributed by atoms with Gasteiger partial charge in [-0.25, -0.2) is 0 Å². The summed E-state index contributed by atoms with van der Waals surface area (Å²) in [6.45, 7) is 2.30. The zero-order chi connectivity index (χ0) is 15.8. The number of hydrogen-bond donors (Lipinski definition) is 0. The molecular weight excluding hydrogens is 597 g/mol. The molecular formula is C18H35I3. The van der Waals surface area contributed by atoms with Crippen LogP contribution in [0, 0.1) is 0 Å². The Morgan fingerprint density at radius 3 is 1.05 bits per heavy atom. The van der Waals surface area contributed by atoms with E-state index < -0.39 is 0 Å². The highest BCUT2D eigenvalue weighted by molar-refractivity contribution is 14.3. The van der Waals surface area contributed by atoms with E-state index >= 15 is 0 Å². The largest absolute Gasteiger partial charge is 0.124 e. The van der Waals surface area contributed by atoms with Crippen LogP contribution >= 0.6 is 67.8 Å². The minimum Gasteiger partial charge on any atom is -0.0654 e. The Balaban J connectivity index is 3.00. The van der Waals surface area contributed by atoms with Crippen molar-refractivity contribution in [2.24, 2.45) is 0 Å². The highest BCUT2D eigenvalue weighted by atomic mass is 127. The van der Waals surface area contributed by atoms with E-state index in [1.165, 1.54) is 103 Å². The molecule has 0 heterocycles. The van der Waals surface area contributed by atoms with Gasteiger partial charge >= 0.3 is 0 Å². The summed E-state index contributed by atoms with van der Waals surface area (Å²) in [7, 11) is 0. The highest BCUT2D eigenvalue weighted by Crippen LogP contribution is 2.40. The van der Waals surface area contributed by atoms with Gasteiger partial charge in [-0.1, -0.05) is 171 Å². The van der Waals surface area contributed by atoms with E-state index in [9.17, 15) is 0 Å². The van der Waals surface area contributed by atoms with Gasteiger partial charge in [-0.3, -0.25) is 0 Å². The van der Waals surface area contributed by atoms with Crippen LogP contribution in [0.5, 0.6) is 0 Å². The lowest BCUT2D eigenvalue weighted by atomic mass is 10.0. The first-order valence-corrected chi connectivity index (χ1v) is 12.4. The van der Waals surface area contributed by atoms with E-state index in [1.54, 1.807) is 0 Å². The van der Waals surface area contributed by atoms with Crippen molar-refractivity contribution in [2.75, 3.05) is 0 Å². The average Bonchev–Trinajstić information content (AvgIpc) is 2.42. The number of halogens is 3. The van der Waals surface area contributed by atoms with E-state index in [0.29, 0.717) is -0.565 Å². The third kappa shape index (κ3) is 22.2. The monoisotopic (exact) mass is 632 g/mol. The van der Waals surface area contributed by atoms with Gasteiger partial charge in [0.05, 0.1) is 0 Å². The lowest BCUT2D eigenvalue weighted by molar-refractivity contribution is 0.531. The first-order valence-electron chi connectivity index (χ1n) is 9.13. The molecule has 0 spiro atoms. The number of rotatable bonds is 16. The molecule has 0 atom stereocenters. The highest BCUT2D eigenvalue weighted by Gasteiger charge is 2.15. The van der Waals surface area contributed by atoms with Crippen molar-refractivity contribution < 1.29 is 0 Å².